The van der Waals surface area contributed by atoms with Gasteiger partial charge in [-0.1, -0.05) is 12.1 Å². The van der Waals surface area contributed by atoms with Crippen LogP contribution in [-0.2, 0) is 4.74 Å². The van der Waals surface area contributed by atoms with Gasteiger partial charge >= 0.3 is 0 Å². The van der Waals surface area contributed by atoms with E-state index in [0.29, 0.717) is 0 Å². The lowest BCUT2D eigenvalue weighted by Gasteiger charge is -2.45. The van der Waals surface area contributed by atoms with Crippen LogP contribution >= 0.6 is 11.8 Å². The molecule has 1 saturated heterocycles. The summed E-state index contributed by atoms with van der Waals surface area (Å²) in [6.45, 7) is -0.310. The summed E-state index contributed by atoms with van der Waals surface area (Å²) in [4.78, 5) is 1.02. The molecule has 3 rings (SSSR count). The first-order chi connectivity index (χ1) is 8.70. The minimum absolute atomic E-state index is 0.280. The fraction of sp³-hybridized carbons (Fsp3) is 0.500. The summed E-state index contributed by atoms with van der Waals surface area (Å²) in [7, 11) is 0. The van der Waals surface area contributed by atoms with Crippen molar-refractivity contribution in [3.8, 4) is 0 Å². The first-order valence-corrected chi connectivity index (χ1v) is 6.73. The molecule has 98 valence electrons. The monoisotopic (exact) mass is 269 g/mol. The molecule has 5 nitrogen and oxygen atoms in total. The minimum atomic E-state index is -1.06. The number of rotatable bonds is 1. The van der Waals surface area contributed by atoms with Gasteiger partial charge in [-0.3, -0.25) is 0 Å². The van der Waals surface area contributed by atoms with Gasteiger partial charge in [0.1, 0.15) is 18.4 Å². The van der Waals surface area contributed by atoms with Crippen LogP contribution in [0, 0.1) is 0 Å². The smallest absolute Gasteiger partial charge is 0.143 e. The summed E-state index contributed by atoms with van der Waals surface area (Å²) < 4.78 is 5.59. The lowest BCUT2D eigenvalue weighted by molar-refractivity contribution is -0.168. The van der Waals surface area contributed by atoms with Crippen molar-refractivity contribution < 1.29 is 20.1 Å². The van der Waals surface area contributed by atoms with Crippen LogP contribution in [0.5, 0.6) is 0 Å². The van der Waals surface area contributed by atoms with E-state index in [1.54, 1.807) is 0 Å². The number of ether oxygens (including phenoxy) is 1. The van der Waals surface area contributed by atoms with Gasteiger partial charge in [-0.05, 0) is 12.1 Å². The maximum absolute atomic E-state index is 10.1. The Bertz CT molecular complexity index is 444. The van der Waals surface area contributed by atoms with Crippen LogP contribution in [0.25, 0.3) is 0 Å². The molecule has 0 radical (unpaired) electrons. The van der Waals surface area contributed by atoms with Crippen molar-refractivity contribution in [2.45, 2.75) is 34.7 Å². The van der Waals surface area contributed by atoms with Gasteiger partial charge < -0.3 is 25.4 Å². The molecular weight excluding hydrogens is 254 g/mol. The van der Waals surface area contributed by atoms with Gasteiger partial charge in [-0.15, -0.1) is 11.8 Å². The van der Waals surface area contributed by atoms with Gasteiger partial charge in [0, 0.05) is 10.6 Å². The maximum atomic E-state index is 10.1. The minimum Gasteiger partial charge on any atom is -0.394 e. The highest BCUT2D eigenvalue weighted by Crippen LogP contribution is 2.42. The van der Waals surface area contributed by atoms with Crippen LogP contribution in [0.15, 0.2) is 29.2 Å². The Kier molecular flexibility index (Phi) is 3.21. The Morgan fingerprint density at radius 2 is 2.00 bits per heavy atom. The molecule has 2 heterocycles. The number of thioether (sulfide) groups is 1. The molecule has 0 unspecified atom stereocenters. The van der Waals surface area contributed by atoms with E-state index in [2.05, 4.69) is 5.32 Å². The van der Waals surface area contributed by atoms with Crippen molar-refractivity contribution in [3.63, 3.8) is 0 Å². The van der Waals surface area contributed by atoms with Crippen molar-refractivity contribution in [1.82, 2.24) is 0 Å². The molecule has 2 aliphatic rings. The molecule has 0 saturated carbocycles. The quantitative estimate of drug-likeness (QED) is 0.575. The lowest BCUT2D eigenvalue weighted by Crippen LogP contribution is -2.60. The largest absolute Gasteiger partial charge is 0.394 e. The van der Waals surface area contributed by atoms with Gasteiger partial charge in [-0.2, -0.15) is 0 Å². The second-order valence-electron chi connectivity index (χ2n) is 4.48. The zero-order chi connectivity index (χ0) is 12.7. The summed E-state index contributed by atoms with van der Waals surface area (Å²) >= 11 is 1.49. The predicted molar refractivity (Wildman–Crippen MR) is 67.5 cm³/mol. The number of nitrogens with one attached hydrogen (secondary N) is 1. The first-order valence-electron chi connectivity index (χ1n) is 5.85. The summed E-state index contributed by atoms with van der Waals surface area (Å²) in [5, 5.41) is 32.0. The van der Waals surface area contributed by atoms with Crippen LogP contribution in [0.2, 0.25) is 0 Å². The molecule has 1 aromatic rings. The SMILES string of the molecule is OC[C@H]1O[C@H]2Nc3ccccc3S[C@H]2[C@@H](O)[C@H]1O. The van der Waals surface area contributed by atoms with E-state index >= 15 is 0 Å². The van der Waals surface area contributed by atoms with Gasteiger partial charge in [0.25, 0.3) is 0 Å². The Hall–Kier alpha value is -0.790. The van der Waals surface area contributed by atoms with E-state index in [9.17, 15) is 10.2 Å². The highest BCUT2D eigenvalue weighted by atomic mass is 32.2. The van der Waals surface area contributed by atoms with E-state index in [1.807, 2.05) is 24.3 Å². The van der Waals surface area contributed by atoms with Crippen molar-refractivity contribution >= 4 is 17.4 Å². The normalized spacial score (nSPS) is 38.5. The number of fused-ring (bicyclic) bond motifs is 2. The zero-order valence-corrected chi connectivity index (χ0v) is 10.4. The summed E-state index contributed by atoms with van der Waals surface area (Å²) in [5.74, 6) is 0. The van der Waals surface area contributed by atoms with Gasteiger partial charge in [0.15, 0.2) is 0 Å². The molecule has 5 atom stereocenters. The fourth-order valence-corrected chi connectivity index (χ4v) is 3.59. The fourth-order valence-electron chi connectivity index (χ4n) is 2.33. The van der Waals surface area contributed by atoms with E-state index in [1.165, 1.54) is 11.8 Å². The molecule has 6 heteroatoms. The second-order valence-corrected chi connectivity index (χ2v) is 5.70. The van der Waals surface area contributed by atoms with E-state index in [0.717, 1.165) is 10.6 Å². The van der Waals surface area contributed by atoms with E-state index in [4.69, 9.17) is 9.84 Å². The summed E-state index contributed by atoms with van der Waals surface area (Å²) in [6.07, 6.45) is -3.14. The van der Waals surface area contributed by atoms with Crippen molar-refractivity contribution in [1.29, 1.82) is 0 Å². The average molecular weight is 269 g/mol. The number of anilines is 1. The second kappa shape index (κ2) is 4.71. The maximum Gasteiger partial charge on any atom is 0.143 e. The molecule has 4 N–H and O–H groups in total. The summed E-state index contributed by atoms with van der Waals surface area (Å²) in [6, 6.07) is 7.74. The van der Waals surface area contributed by atoms with Crippen molar-refractivity contribution in [3.05, 3.63) is 24.3 Å². The predicted octanol–water partition coefficient (Wildman–Crippen LogP) is 0.0118. The number of para-hydroxylation sites is 1. The lowest BCUT2D eigenvalue weighted by atomic mass is 10.00. The van der Waals surface area contributed by atoms with Crippen molar-refractivity contribution in [2.24, 2.45) is 0 Å². The third-order valence-corrected chi connectivity index (χ3v) is 4.72. The first kappa shape index (κ1) is 12.3. The molecule has 2 aliphatic heterocycles. The van der Waals surface area contributed by atoms with Crippen LogP contribution in [0.3, 0.4) is 0 Å². The molecule has 0 spiro atoms. The molecule has 18 heavy (non-hydrogen) atoms. The van der Waals surface area contributed by atoms with Crippen LogP contribution in [0.1, 0.15) is 0 Å². The van der Waals surface area contributed by atoms with E-state index in [-0.39, 0.29) is 11.9 Å². The number of aliphatic hydroxyl groups excluding tert-OH is 3. The molecule has 0 amide bonds. The Balaban J connectivity index is 1.88. The Labute approximate surface area is 109 Å². The Morgan fingerprint density at radius 1 is 1.22 bits per heavy atom. The molecule has 0 aromatic heterocycles. The highest BCUT2D eigenvalue weighted by Gasteiger charge is 2.46. The Morgan fingerprint density at radius 3 is 2.78 bits per heavy atom. The molecule has 0 aliphatic carbocycles. The highest BCUT2D eigenvalue weighted by molar-refractivity contribution is 8.00. The molecule has 0 bridgehead atoms. The molecule has 1 fully saturated rings. The number of aliphatic hydroxyl groups is 3. The zero-order valence-electron chi connectivity index (χ0n) is 9.56. The van der Waals surface area contributed by atoms with E-state index < -0.39 is 24.5 Å². The average Bonchev–Trinajstić information content (AvgIpc) is 2.41. The van der Waals surface area contributed by atoms with Gasteiger partial charge in [-0.25, -0.2) is 0 Å². The van der Waals surface area contributed by atoms with Crippen LogP contribution in [0.4, 0.5) is 5.69 Å². The topological polar surface area (TPSA) is 82.0 Å². The molecule has 1 aromatic carbocycles. The number of hydrogen-bond acceptors (Lipinski definition) is 6. The van der Waals surface area contributed by atoms with Crippen LogP contribution < -0.4 is 5.32 Å². The number of benzene rings is 1. The molecular formula is C12H15NO4S. The van der Waals surface area contributed by atoms with Crippen molar-refractivity contribution in [2.75, 3.05) is 11.9 Å². The van der Waals surface area contributed by atoms with Crippen LogP contribution in [-0.4, -0.2) is 51.7 Å². The standard InChI is InChI=1S/C12H15NO4S/c14-5-7-9(15)10(16)11-12(17-7)13-6-3-1-2-4-8(6)18-11/h1-4,7,9-16H,5H2/t7-,9+,10+,11+,12-/m1/s1. The number of hydrogen-bond donors (Lipinski definition) is 4. The third-order valence-electron chi connectivity index (χ3n) is 3.32. The van der Waals surface area contributed by atoms with Gasteiger partial charge in [0.2, 0.25) is 0 Å². The summed E-state index contributed by atoms with van der Waals surface area (Å²) in [5.41, 5.74) is 0.948. The van der Waals surface area contributed by atoms with Gasteiger partial charge in [0.05, 0.1) is 18.0 Å². The third kappa shape index (κ3) is 1.90.